The maximum absolute atomic E-state index is 12.9. The van der Waals surface area contributed by atoms with E-state index in [1.807, 2.05) is 0 Å². The molecule has 144 valence electrons. The van der Waals surface area contributed by atoms with E-state index in [2.05, 4.69) is 13.8 Å². The summed E-state index contributed by atoms with van der Waals surface area (Å²) in [5, 5.41) is 0.465. The molecule has 0 unspecified atom stereocenters. The van der Waals surface area contributed by atoms with Crippen LogP contribution in [0.25, 0.3) is 0 Å². The summed E-state index contributed by atoms with van der Waals surface area (Å²) >= 11 is 5.88. The van der Waals surface area contributed by atoms with Gasteiger partial charge in [0.15, 0.2) is 0 Å². The van der Waals surface area contributed by atoms with Gasteiger partial charge in [0, 0.05) is 18.1 Å². The molecular weight excluding hydrogens is 386 g/mol. The normalized spacial score (nSPS) is 21.0. The Labute approximate surface area is 165 Å². The van der Waals surface area contributed by atoms with Gasteiger partial charge in [0.25, 0.3) is 0 Å². The Kier molecular flexibility index (Phi) is 5.89. The average molecular weight is 408 g/mol. The Hall–Kier alpha value is -1.89. The monoisotopic (exact) mass is 407 g/mol. The second kappa shape index (κ2) is 8.00. The van der Waals surface area contributed by atoms with Gasteiger partial charge in [0.1, 0.15) is 5.75 Å². The summed E-state index contributed by atoms with van der Waals surface area (Å²) in [5.41, 5.74) is 0.273. The van der Waals surface area contributed by atoms with Crippen molar-refractivity contribution in [3.05, 3.63) is 59.1 Å². The molecule has 0 amide bonds. The van der Waals surface area contributed by atoms with Crippen LogP contribution < -0.4 is 4.74 Å². The van der Waals surface area contributed by atoms with Crippen LogP contribution >= 0.6 is 11.6 Å². The largest absolute Gasteiger partial charge is 0.423 e. The number of hydrogen-bond donors (Lipinski definition) is 0. The molecule has 0 aromatic heterocycles. The van der Waals surface area contributed by atoms with Gasteiger partial charge in [-0.15, -0.1) is 0 Å². The lowest BCUT2D eigenvalue weighted by atomic mass is 9.94. The highest BCUT2D eigenvalue weighted by Gasteiger charge is 2.31. The molecule has 2 aromatic carbocycles. The minimum absolute atomic E-state index is 0.183. The fourth-order valence-electron chi connectivity index (χ4n) is 3.41. The first-order valence-electron chi connectivity index (χ1n) is 8.83. The van der Waals surface area contributed by atoms with E-state index in [1.54, 1.807) is 18.2 Å². The van der Waals surface area contributed by atoms with Gasteiger partial charge in [-0.05, 0) is 60.7 Å². The van der Waals surface area contributed by atoms with E-state index in [-0.39, 0.29) is 10.5 Å². The predicted octanol–water partition coefficient (Wildman–Crippen LogP) is 4.23. The van der Waals surface area contributed by atoms with Gasteiger partial charge in [0.2, 0.25) is 10.0 Å². The van der Waals surface area contributed by atoms with E-state index >= 15 is 0 Å². The van der Waals surface area contributed by atoms with E-state index in [4.69, 9.17) is 16.3 Å². The van der Waals surface area contributed by atoms with Crippen molar-refractivity contribution in [2.75, 3.05) is 13.1 Å². The molecule has 3 rings (SSSR count). The average Bonchev–Trinajstić information content (AvgIpc) is 2.61. The van der Waals surface area contributed by atoms with Gasteiger partial charge in [-0.1, -0.05) is 31.5 Å². The SMILES string of the molecule is C[C@H]1C[C@H](C)CN(S(=O)(=O)c2ccc(C(=O)Oc3cccc(Cl)c3)cc2)C1. The van der Waals surface area contributed by atoms with Crippen molar-refractivity contribution in [3.8, 4) is 5.75 Å². The number of piperidine rings is 1. The molecule has 5 nitrogen and oxygen atoms in total. The third kappa shape index (κ3) is 4.69. The molecule has 0 saturated carbocycles. The molecule has 0 N–H and O–H groups in total. The van der Waals surface area contributed by atoms with Crippen molar-refractivity contribution >= 4 is 27.6 Å². The molecule has 0 radical (unpaired) electrons. The molecule has 1 heterocycles. The summed E-state index contributed by atoms with van der Waals surface area (Å²) in [5.74, 6) is 0.424. The maximum atomic E-state index is 12.9. The third-order valence-corrected chi connectivity index (χ3v) is 6.65. The van der Waals surface area contributed by atoms with Crippen molar-refractivity contribution < 1.29 is 17.9 Å². The van der Waals surface area contributed by atoms with Crippen LogP contribution in [0.1, 0.15) is 30.6 Å². The number of rotatable bonds is 4. The van der Waals surface area contributed by atoms with Crippen LogP contribution in [0, 0.1) is 11.8 Å². The molecule has 1 aliphatic heterocycles. The highest BCUT2D eigenvalue weighted by atomic mass is 35.5. The second-order valence-electron chi connectivity index (χ2n) is 7.14. The van der Waals surface area contributed by atoms with E-state index in [0.717, 1.165) is 6.42 Å². The minimum Gasteiger partial charge on any atom is -0.423 e. The number of esters is 1. The first kappa shape index (κ1) is 19.9. The zero-order valence-corrected chi connectivity index (χ0v) is 16.8. The number of nitrogens with zero attached hydrogens (tertiary/aromatic N) is 1. The molecule has 7 heteroatoms. The van der Waals surface area contributed by atoms with Crippen LogP contribution in [0.4, 0.5) is 0 Å². The van der Waals surface area contributed by atoms with Gasteiger partial charge >= 0.3 is 5.97 Å². The Balaban J connectivity index is 1.75. The number of ether oxygens (including phenoxy) is 1. The summed E-state index contributed by atoms with van der Waals surface area (Å²) in [7, 11) is -3.57. The lowest BCUT2D eigenvalue weighted by molar-refractivity contribution is 0.0734. The van der Waals surface area contributed by atoms with E-state index < -0.39 is 16.0 Å². The number of sulfonamides is 1. The van der Waals surface area contributed by atoms with Gasteiger partial charge in [-0.25, -0.2) is 13.2 Å². The van der Waals surface area contributed by atoms with E-state index in [0.29, 0.717) is 35.7 Å². The van der Waals surface area contributed by atoms with Gasteiger partial charge in [-0.2, -0.15) is 4.31 Å². The van der Waals surface area contributed by atoms with Crippen LogP contribution in [0.15, 0.2) is 53.4 Å². The minimum atomic E-state index is -3.57. The van der Waals surface area contributed by atoms with Crippen LogP contribution in [-0.2, 0) is 10.0 Å². The van der Waals surface area contributed by atoms with Crippen molar-refractivity contribution in [3.63, 3.8) is 0 Å². The summed E-state index contributed by atoms with van der Waals surface area (Å²) in [6.07, 6.45) is 1.03. The standard InChI is InChI=1S/C20H22ClNO4S/c1-14-10-15(2)13-22(12-14)27(24,25)19-8-6-16(7-9-19)20(23)26-18-5-3-4-17(21)11-18/h3-9,11,14-15H,10,12-13H2,1-2H3/t14-,15-/m0/s1. The Bertz CT molecular complexity index is 917. The number of halogens is 1. The Morgan fingerprint density at radius 3 is 2.30 bits per heavy atom. The fourth-order valence-corrected chi connectivity index (χ4v) is 5.27. The maximum Gasteiger partial charge on any atom is 0.343 e. The summed E-state index contributed by atoms with van der Waals surface area (Å²) in [4.78, 5) is 12.4. The first-order valence-corrected chi connectivity index (χ1v) is 10.7. The van der Waals surface area contributed by atoms with Crippen molar-refractivity contribution in [1.29, 1.82) is 0 Å². The third-order valence-electron chi connectivity index (χ3n) is 4.57. The van der Waals surface area contributed by atoms with Crippen molar-refractivity contribution in [1.82, 2.24) is 4.31 Å². The van der Waals surface area contributed by atoms with Crippen molar-refractivity contribution in [2.24, 2.45) is 11.8 Å². The number of carbonyl (C=O) groups is 1. The first-order chi connectivity index (χ1) is 12.8. The lowest BCUT2D eigenvalue weighted by Crippen LogP contribution is -2.42. The number of hydrogen-bond acceptors (Lipinski definition) is 4. The molecule has 0 aliphatic carbocycles. The molecule has 1 aliphatic rings. The van der Waals surface area contributed by atoms with Crippen LogP contribution in [0.5, 0.6) is 5.75 Å². The molecule has 2 aromatic rings. The van der Waals surface area contributed by atoms with Gasteiger partial charge in [-0.3, -0.25) is 0 Å². The highest BCUT2D eigenvalue weighted by Crippen LogP contribution is 2.27. The Morgan fingerprint density at radius 2 is 1.70 bits per heavy atom. The van der Waals surface area contributed by atoms with Crippen LogP contribution in [0.2, 0.25) is 5.02 Å². The van der Waals surface area contributed by atoms with Crippen molar-refractivity contribution in [2.45, 2.75) is 25.2 Å². The summed E-state index contributed by atoms with van der Waals surface area (Å²) in [6.45, 7) is 5.16. The zero-order valence-electron chi connectivity index (χ0n) is 15.3. The quantitative estimate of drug-likeness (QED) is 0.562. The molecule has 27 heavy (non-hydrogen) atoms. The summed E-state index contributed by atoms with van der Waals surface area (Å²) < 4.78 is 32.6. The molecule has 1 saturated heterocycles. The molecule has 1 fully saturated rings. The van der Waals surface area contributed by atoms with Crippen LogP contribution in [-0.4, -0.2) is 31.8 Å². The molecule has 2 atom stereocenters. The van der Waals surface area contributed by atoms with Gasteiger partial charge < -0.3 is 4.74 Å². The topological polar surface area (TPSA) is 63.7 Å². The molecular formula is C20H22ClNO4S. The fraction of sp³-hybridized carbons (Fsp3) is 0.350. The predicted molar refractivity (Wildman–Crippen MR) is 105 cm³/mol. The second-order valence-corrected chi connectivity index (χ2v) is 9.51. The lowest BCUT2D eigenvalue weighted by Gasteiger charge is -2.34. The smallest absolute Gasteiger partial charge is 0.343 e. The highest BCUT2D eigenvalue weighted by molar-refractivity contribution is 7.89. The number of carbonyl (C=O) groups excluding carboxylic acids is 1. The van der Waals surface area contributed by atoms with Crippen LogP contribution in [0.3, 0.4) is 0 Å². The Morgan fingerprint density at radius 1 is 1.07 bits per heavy atom. The number of benzene rings is 2. The zero-order chi connectivity index (χ0) is 19.6. The van der Waals surface area contributed by atoms with E-state index in [1.165, 1.54) is 34.6 Å². The van der Waals surface area contributed by atoms with Gasteiger partial charge in [0.05, 0.1) is 10.5 Å². The molecule has 0 bridgehead atoms. The van der Waals surface area contributed by atoms with E-state index in [9.17, 15) is 13.2 Å². The molecule has 0 spiro atoms. The summed E-state index contributed by atoms with van der Waals surface area (Å²) in [6, 6.07) is 12.4.